The van der Waals surface area contributed by atoms with E-state index >= 15 is 0 Å². The molecule has 1 saturated heterocycles. The van der Waals surface area contributed by atoms with Gasteiger partial charge in [0, 0.05) is 6.04 Å². The van der Waals surface area contributed by atoms with E-state index in [-0.39, 0.29) is 11.9 Å². The summed E-state index contributed by atoms with van der Waals surface area (Å²) in [6.07, 6.45) is 5.18. The summed E-state index contributed by atoms with van der Waals surface area (Å²) >= 11 is 0. The number of ether oxygens (including phenoxy) is 1. The van der Waals surface area contributed by atoms with Crippen molar-refractivity contribution in [3.63, 3.8) is 0 Å². The van der Waals surface area contributed by atoms with Crippen LogP contribution < -0.4 is 5.32 Å². The van der Waals surface area contributed by atoms with Crippen LogP contribution >= 0.6 is 0 Å². The van der Waals surface area contributed by atoms with E-state index in [2.05, 4.69) is 10.1 Å². The highest BCUT2D eigenvalue weighted by atomic mass is 16.5. The van der Waals surface area contributed by atoms with Crippen LogP contribution in [0.25, 0.3) is 0 Å². The largest absolute Gasteiger partial charge is 0.480 e. The minimum absolute atomic E-state index is 0.109. The number of rotatable bonds is 2. The Bertz CT molecular complexity index is 448. The van der Waals surface area contributed by atoms with Crippen LogP contribution in [0.5, 0.6) is 0 Å². The molecule has 0 aliphatic carbocycles. The normalized spacial score (nSPS) is 30.9. The second-order valence-electron chi connectivity index (χ2n) is 4.96. The molecule has 2 amide bonds. The fourth-order valence-electron chi connectivity index (χ4n) is 2.78. The van der Waals surface area contributed by atoms with Gasteiger partial charge in [0.1, 0.15) is 12.1 Å². The van der Waals surface area contributed by atoms with Crippen LogP contribution in [0.2, 0.25) is 0 Å². The first-order valence-electron chi connectivity index (χ1n) is 6.59. The second-order valence-corrected chi connectivity index (χ2v) is 4.96. The Kier molecular flexibility index (Phi) is 4.26. The highest BCUT2D eigenvalue weighted by molar-refractivity contribution is 5.90. The Labute approximate surface area is 116 Å². The molecule has 0 aromatic rings. The number of carboxylic acids is 1. The second kappa shape index (κ2) is 5.94. The van der Waals surface area contributed by atoms with Gasteiger partial charge in [0.05, 0.1) is 7.11 Å². The summed E-state index contributed by atoms with van der Waals surface area (Å²) in [6, 6.07) is -1.69. The van der Waals surface area contributed by atoms with Crippen molar-refractivity contribution in [1.82, 2.24) is 10.2 Å². The lowest BCUT2D eigenvalue weighted by molar-refractivity contribution is -0.150. The summed E-state index contributed by atoms with van der Waals surface area (Å²) in [5.41, 5.74) is 0. The van der Waals surface area contributed by atoms with Gasteiger partial charge < -0.3 is 20.1 Å². The van der Waals surface area contributed by atoms with Crippen LogP contribution in [0.4, 0.5) is 4.79 Å². The number of nitrogens with zero attached hydrogens (tertiary/aromatic N) is 1. The molecular weight excluding hydrogens is 264 g/mol. The monoisotopic (exact) mass is 282 g/mol. The van der Waals surface area contributed by atoms with Gasteiger partial charge in [-0.15, -0.1) is 0 Å². The third-order valence-electron chi connectivity index (χ3n) is 3.76. The molecule has 0 unspecified atom stereocenters. The highest BCUT2D eigenvalue weighted by Gasteiger charge is 2.43. The molecule has 2 aliphatic heterocycles. The number of nitrogens with one attached hydrogen (secondary N) is 1. The maximum absolute atomic E-state index is 12.5. The third kappa shape index (κ3) is 2.76. The first-order chi connectivity index (χ1) is 9.54. The molecule has 2 aliphatic rings. The number of fused-ring (bicyclic) bond motifs is 1. The molecule has 20 heavy (non-hydrogen) atoms. The van der Waals surface area contributed by atoms with E-state index in [4.69, 9.17) is 0 Å². The number of hydrogen-bond donors (Lipinski definition) is 2. The van der Waals surface area contributed by atoms with Crippen LogP contribution in [0.3, 0.4) is 0 Å². The van der Waals surface area contributed by atoms with E-state index in [0.717, 1.165) is 0 Å². The molecule has 2 rings (SSSR count). The predicted molar refractivity (Wildman–Crippen MR) is 69.0 cm³/mol. The Morgan fingerprint density at radius 1 is 1.35 bits per heavy atom. The number of carbonyl (C=O) groups excluding carboxylic acids is 2. The van der Waals surface area contributed by atoms with Gasteiger partial charge in [0.2, 0.25) is 5.91 Å². The Hall–Kier alpha value is -2.05. The fraction of sp³-hybridized carbons (Fsp3) is 0.615. The van der Waals surface area contributed by atoms with Gasteiger partial charge in [-0.25, -0.2) is 9.59 Å². The zero-order valence-electron chi connectivity index (χ0n) is 11.2. The third-order valence-corrected chi connectivity index (χ3v) is 3.76. The SMILES string of the molecule is COC(=O)N[C@H]1C/C=C\C[C@@H]2CC[C@@H](C(=O)O)N2C1=O. The van der Waals surface area contributed by atoms with Crippen molar-refractivity contribution < 1.29 is 24.2 Å². The van der Waals surface area contributed by atoms with Crippen LogP contribution in [-0.4, -0.2) is 53.2 Å². The Balaban J connectivity index is 2.22. The van der Waals surface area contributed by atoms with E-state index < -0.39 is 24.1 Å². The maximum Gasteiger partial charge on any atom is 0.407 e. The molecule has 0 saturated carbocycles. The van der Waals surface area contributed by atoms with Crippen molar-refractivity contribution in [3.05, 3.63) is 12.2 Å². The molecule has 110 valence electrons. The number of methoxy groups -OCH3 is 1. The van der Waals surface area contributed by atoms with E-state index in [0.29, 0.717) is 25.7 Å². The van der Waals surface area contributed by atoms with Gasteiger partial charge in [-0.05, 0) is 25.7 Å². The highest BCUT2D eigenvalue weighted by Crippen LogP contribution is 2.29. The summed E-state index contributed by atoms with van der Waals surface area (Å²) in [5.74, 6) is -1.35. The molecule has 2 heterocycles. The van der Waals surface area contributed by atoms with Crippen molar-refractivity contribution in [2.45, 2.75) is 43.8 Å². The van der Waals surface area contributed by atoms with E-state index in [9.17, 15) is 19.5 Å². The minimum atomic E-state index is -0.998. The van der Waals surface area contributed by atoms with Crippen LogP contribution in [0.15, 0.2) is 12.2 Å². The van der Waals surface area contributed by atoms with Crippen LogP contribution in [-0.2, 0) is 14.3 Å². The van der Waals surface area contributed by atoms with Crippen molar-refractivity contribution in [2.24, 2.45) is 0 Å². The van der Waals surface area contributed by atoms with Crippen LogP contribution in [0, 0.1) is 0 Å². The standard InChI is InChI=1S/C13H18N2O5/c1-20-13(19)14-9-5-3-2-4-8-6-7-10(12(17)18)15(8)11(9)16/h2-3,8-10H,4-7H2,1H3,(H,14,19)(H,17,18)/b3-2-/t8-,9+,10+/m1/s1. The smallest absolute Gasteiger partial charge is 0.407 e. The van der Waals surface area contributed by atoms with E-state index in [1.54, 1.807) is 0 Å². The van der Waals surface area contributed by atoms with Crippen molar-refractivity contribution >= 4 is 18.0 Å². The molecule has 0 aromatic carbocycles. The maximum atomic E-state index is 12.5. The quantitative estimate of drug-likeness (QED) is 0.719. The summed E-state index contributed by atoms with van der Waals surface area (Å²) in [6.45, 7) is 0. The first-order valence-corrected chi connectivity index (χ1v) is 6.59. The van der Waals surface area contributed by atoms with Crippen LogP contribution in [0.1, 0.15) is 25.7 Å². The van der Waals surface area contributed by atoms with E-state index in [1.807, 2.05) is 12.2 Å². The molecule has 3 atom stereocenters. The van der Waals surface area contributed by atoms with E-state index in [1.165, 1.54) is 12.0 Å². The lowest BCUT2D eigenvalue weighted by atomic mass is 10.0. The molecular formula is C13H18N2O5. The summed E-state index contributed by atoms with van der Waals surface area (Å²) in [5, 5.41) is 11.7. The summed E-state index contributed by atoms with van der Waals surface area (Å²) in [4.78, 5) is 36.5. The number of alkyl carbamates (subject to hydrolysis) is 1. The van der Waals surface area contributed by atoms with Crippen molar-refractivity contribution in [2.75, 3.05) is 7.11 Å². The van der Waals surface area contributed by atoms with Gasteiger partial charge in [-0.1, -0.05) is 12.2 Å². The number of hydrogen-bond acceptors (Lipinski definition) is 4. The molecule has 0 radical (unpaired) electrons. The zero-order chi connectivity index (χ0) is 14.7. The lowest BCUT2D eigenvalue weighted by Crippen LogP contribution is -2.54. The Morgan fingerprint density at radius 3 is 2.70 bits per heavy atom. The summed E-state index contributed by atoms with van der Waals surface area (Å²) in [7, 11) is 1.22. The number of aliphatic carboxylic acids is 1. The molecule has 0 bridgehead atoms. The molecule has 7 nitrogen and oxygen atoms in total. The number of carbonyl (C=O) groups is 3. The molecule has 1 fully saturated rings. The molecule has 0 aromatic heterocycles. The Morgan fingerprint density at radius 2 is 2.05 bits per heavy atom. The van der Waals surface area contributed by atoms with Crippen molar-refractivity contribution in [1.29, 1.82) is 0 Å². The number of amides is 2. The lowest BCUT2D eigenvalue weighted by Gasteiger charge is -2.32. The van der Waals surface area contributed by atoms with Gasteiger partial charge >= 0.3 is 12.1 Å². The average Bonchev–Trinajstić information content (AvgIpc) is 2.83. The van der Waals surface area contributed by atoms with Gasteiger partial charge in [-0.2, -0.15) is 0 Å². The van der Waals surface area contributed by atoms with Gasteiger partial charge in [0.15, 0.2) is 0 Å². The van der Waals surface area contributed by atoms with Gasteiger partial charge in [-0.3, -0.25) is 4.79 Å². The summed E-state index contributed by atoms with van der Waals surface area (Å²) < 4.78 is 4.50. The average molecular weight is 282 g/mol. The van der Waals surface area contributed by atoms with Crippen molar-refractivity contribution in [3.8, 4) is 0 Å². The molecule has 7 heteroatoms. The molecule has 2 N–H and O–H groups in total. The first kappa shape index (κ1) is 14.4. The topological polar surface area (TPSA) is 95.9 Å². The zero-order valence-corrected chi connectivity index (χ0v) is 11.2. The van der Waals surface area contributed by atoms with Gasteiger partial charge in [0.25, 0.3) is 0 Å². The minimum Gasteiger partial charge on any atom is -0.480 e. The fourth-order valence-corrected chi connectivity index (χ4v) is 2.78. The molecule has 0 spiro atoms. The number of carboxylic acid groups (broad SMARTS) is 1. The predicted octanol–water partition coefficient (Wildman–Crippen LogP) is 0.505.